The lowest BCUT2D eigenvalue weighted by molar-refractivity contribution is -0.167. The lowest BCUT2D eigenvalue weighted by Gasteiger charge is -2.45. The number of benzene rings is 2. The number of nitrogens with zero attached hydrogens (tertiary/aromatic N) is 3. The van der Waals surface area contributed by atoms with Crippen molar-refractivity contribution in [2.45, 2.75) is 52.5 Å². The number of carbonyl (C=O) groups excluding carboxylic acids is 1. The predicted molar refractivity (Wildman–Crippen MR) is 130 cm³/mol. The highest BCUT2D eigenvalue weighted by Gasteiger charge is 2.43. The van der Waals surface area contributed by atoms with Gasteiger partial charge in [-0.15, -0.1) is 0 Å². The zero-order valence-electron chi connectivity index (χ0n) is 20.2. The SMILES string of the molecule is C[C@@H]1O[C@H](CN)CN([C@@H](c2nc(-c3cccc(F)c3)cn2Cc2ccccc2)C(C)(C)C)C1=O. The monoisotopic (exact) mass is 464 g/mol. The number of imidazole rings is 1. The van der Waals surface area contributed by atoms with E-state index in [1.807, 2.05) is 35.4 Å². The Morgan fingerprint density at radius 1 is 1.18 bits per heavy atom. The van der Waals surface area contributed by atoms with Crippen molar-refractivity contribution < 1.29 is 13.9 Å². The van der Waals surface area contributed by atoms with Gasteiger partial charge in [-0.1, -0.05) is 63.2 Å². The van der Waals surface area contributed by atoms with Gasteiger partial charge in [-0.05, 0) is 30.0 Å². The molecule has 1 saturated heterocycles. The molecule has 3 atom stereocenters. The minimum Gasteiger partial charge on any atom is -0.362 e. The number of morpholine rings is 1. The Morgan fingerprint density at radius 3 is 2.56 bits per heavy atom. The molecule has 0 bridgehead atoms. The van der Waals surface area contributed by atoms with E-state index in [1.54, 1.807) is 13.0 Å². The third-order valence-electron chi connectivity index (χ3n) is 6.19. The van der Waals surface area contributed by atoms with E-state index in [9.17, 15) is 9.18 Å². The first-order valence-electron chi connectivity index (χ1n) is 11.7. The van der Waals surface area contributed by atoms with Crippen molar-refractivity contribution in [1.29, 1.82) is 0 Å². The number of rotatable bonds is 6. The van der Waals surface area contributed by atoms with Crippen LogP contribution in [-0.2, 0) is 16.1 Å². The molecule has 0 radical (unpaired) electrons. The predicted octanol–water partition coefficient (Wildman–Crippen LogP) is 4.40. The molecule has 1 aliphatic rings. The molecule has 2 heterocycles. The molecule has 1 amide bonds. The zero-order chi connectivity index (χ0) is 24.5. The van der Waals surface area contributed by atoms with E-state index >= 15 is 0 Å². The first-order valence-corrected chi connectivity index (χ1v) is 11.7. The fourth-order valence-corrected chi connectivity index (χ4v) is 4.63. The third-order valence-corrected chi connectivity index (χ3v) is 6.19. The highest BCUT2D eigenvalue weighted by Crippen LogP contribution is 2.40. The van der Waals surface area contributed by atoms with E-state index < -0.39 is 6.10 Å². The van der Waals surface area contributed by atoms with Crippen molar-refractivity contribution in [3.05, 3.63) is 78.0 Å². The second kappa shape index (κ2) is 9.68. The highest BCUT2D eigenvalue weighted by molar-refractivity contribution is 5.81. The number of carbonyl (C=O) groups is 1. The summed E-state index contributed by atoms with van der Waals surface area (Å²) in [6.45, 7) is 9.39. The van der Waals surface area contributed by atoms with Gasteiger partial charge in [0.2, 0.25) is 0 Å². The van der Waals surface area contributed by atoms with Crippen LogP contribution in [0.4, 0.5) is 4.39 Å². The van der Waals surface area contributed by atoms with Crippen LogP contribution in [-0.4, -0.2) is 45.7 Å². The summed E-state index contributed by atoms with van der Waals surface area (Å²) < 4.78 is 21.9. The van der Waals surface area contributed by atoms with Crippen molar-refractivity contribution in [2.24, 2.45) is 11.1 Å². The zero-order valence-corrected chi connectivity index (χ0v) is 20.2. The van der Waals surface area contributed by atoms with E-state index in [0.29, 0.717) is 30.9 Å². The molecule has 34 heavy (non-hydrogen) atoms. The smallest absolute Gasteiger partial charge is 0.252 e. The van der Waals surface area contributed by atoms with Gasteiger partial charge in [-0.25, -0.2) is 9.37 Å². The van der Waals surface area contributed by atoms with Crippen molar-refractivity contribution in [3.63, 3.8) is 0 Å². The number of hydrogen-bond donors (Lipinski definition) is 1. The van der Waals surface area contributed by atoms with Crippen LogP contribution in [0.2, 0.25) is 0 Å². The summed E-state index contributed by atoms with van der Waals surface area (Å²) in [7, 11) is 0. The third kappa shape index (κ3) is 5.05. The molecular weight excluding hydrogens is 431 g/mol. The number of nitrogens with two attached hydrogens (primary N) is 1. The van der Waals surface area contributed by atoms with Crippen molar-refractivity contribution >= 4 is 5.91 Å². The Labute approximate surface area is 200 Å². The minimum absolute atomic E-state index is 0.0776. The van der Waals surface area contributed by atoms with Gasteiger partial charge in [0.1, 0.15) is 17.7 Å². The molecule has 4 rings (SSSR count). The van der Waals surface area contributed by atoms with E-state index in [0.717, 1.165) is 11.4 Å². The Hall–Kier alpha value is -3.03. The molecule has 0 spiro atoms. The normalized spacial score (nSPS) is 19.9. The first-order chi connectivity index (χ1) is 16.2. The maximum Gasteiger partial charge on any atom is 0.252 e. The van der Waals surface area contributed by atoms with Crippen LogP contribution < -0.4 is 5.73 Å². The van der Waals surface area contributed by atoms with Gasteiger partial charge in [0, 0.05) is 31.4 Å². The summed E-state index contributed by atoms with van der Waals surface area (Å²) in [5.74, 6) is 0.368. The van der Waals surface area contributed by atoms with Gasteiger partial charge < -0.3 is 19.9 Å². The molecule has 7 heteroatoms. The van der Waals surface area contributed by atoms with Crippen LogP contribution in [0.3, 0.4) is 0 Å². The summed E-state index contributed by atoms with van der Waals surface area (Å²) in [6, 6.07) is 16.2. The molecule has 0 aliphatic carbocycles. The number of aromatic nitrogens is 2. The summed E-state index contributed by atoms with van der Waals surface area (Å²) in [4.78, 5) is 20.2. The van der Waals surface area contributed by atoms with Gasteiger partial charge in [0.15, 0.2) is 0 Å². The van der Waals surface area contributed by atoms with Gasteiger partial charge >= 0.3 is 0 Å². The van der Waals surface area contributed by atoms with E-state index in [4.69, 9.17) is 15.5 Å². The second-order valence-electron chi connectivity index (χ2n) is 10.0. The second-order valence-corrected chi connectivity index (χ2v) is 10.0. The van der Waals surface area contributed by atoms with Crippen LogP contribution in [0.5, 0.6) is 0 Å². The molecule has 1 aliphatic heterocycles. The fraction of sp³-hybridized carbons (Fsp3) is 0.407. The minimum atomic E-state index is -0.577. The van der Waals surface area contributed by atoms with Crippen LogP contribution in [0, 0.1) is 11.2 Å². The molecule has 1 aromatic heterocycles. The maximum atomic E-state index is 14.0. The van der Waals surface area contributed by atoms with Gasteiger partial charge in [-0.3, -0.25) is 4.79 Å². The lowest BCUT2D eigenvalue weighted by Crippen LogP contribution is -2.56. The van der Waals surface area contributed by atoms with Crippen LogP contribution >= 0.6 is 0 Å². The molecule has 1 fully saturated rings. The molecule has 180 valence electrons. The number of halogens is 1. The molecule has 2 N–H and O–H groups in total. The average Bonchev–Trinajstić information content (AvgIpc) is 3.19. The molecule has 0 saturated carbocycles. The topological polar surface area (TPSA) is 73.4 Å². The first kappa shape index (κ1) is 24.1. The summed E-state index contributed by atoms with van der Waals surface area (Å²) in [6.07, 6.45) is 1.13. The van der Waals surface area contributed by atoms with E-state index in [-0.39, 0.29) is 29.3 Å². The Bertz CT molecular complexity index is 1140. The number of amides is 1. The average molecular weight is 465 g/mol. The van der Waals surface area contributed by atoms with Crippen LogP contribution in [0.1, 0.15) is 45.1 Å². The van der Waals surface area contributed by atoms with E-state index in [1.165, 1.54) is 12.1 Å². The fourth-order valence-electron chi connectivity index (χ4n) is 4.63. The van der Waals surface area contributed by atoms with Gasteiger partial charge in [-0.2, -0.15) is 0 Å². The Balaban J connectivity index is 1.84. The molecule has 0 unspecified atom stereocenters. The van der Waals surface area contributed by atoms with Crippen molar-refractivity contribution in [1.82, 2.24) is 14.5 Å². The lowest BCUT2D eigenvalue weighted by atomic mass is 9.84. The van der Waals surface area contributed by atoms with Crippen molar-refractivity contribution in [3.8, 4) is 11.3 Å². The largest absolute Gasteiger partial charge is 0.362 e. The van der Waals surface area contributed by atoms with Gasteiger partial charge in [0.25, 0.3) is 5.91 Å². The summed E-state index contributed by atoms with van der Waals surface area (Å²) >= 11 is 0. The Morgan fingerprint density at radius 2 is 1.91 bits per heavy atom. The molecule has 2 aromatic carbocycles. The molecule has 6 nitrogen and oxygen atoms in total. The Kier molecular flexibility index (Phi) is 6.86. The van der Waals surface area contributed by atoms with Gasteiger partial charge in [0.05, 0.1) is 17.8 Å². The highest BCUT2D eigenvalue weighted by atomic mass is 19.1. The van der Waals surface area contributed by atoms with Crippen LogP contribution in [0.25, 0.3) is 11.3 Å². The quantitative estimate of drug-likeness (QED) is 0.587. The maximum absolute atomic E-state index is 14.0. The summed E-state index contributed by atoms with van der Waals surface area (Å²) in [5, 5.41) is 0. The molecular formula is C27H33FN4O2. The summed E-state index contributed by atoms with van der Waals surface area (Å²) in [5.41, 5.74) is 8.08. The van der Waals surface area contributed by atoms with Crippen molar-refractivity contribution in [2.75, 3.05) is 13.1 Å². The van der Waals surface area contributed by atoms with Crippen LogP contribution in [0.15, 0.2) is 60.8 Å². The standard InChI is InChI=1S/C27H33FN4O2/c1-18-26(33)32(16-22(14-29)34-18)24(27(2,3)4)25-30-23(20-11-8-12-21(28)13-20)17-31(25)15-19-9-6-5-7-10-19/h5-13,17-18,22,24H,14-16,29H2,1-4H3/t18-,22+,24-/m0/s1. The van der Waals surface area contributed by atoms with E-state index in [2.05, 4.69) is 37.5 Å². The molecule has 3 aromatic rings. The number of ether oxygens (including phenoxy) is 1. The number of hydrogen-bond acceptors (Lipinski definition) is 4.